The van der Waals surface area contributed by atoms with E-state index in [1.807, 2.05) is 25.3 Å². The fourth-order valence-electron chi connectivity index (χ4n) is 3.08. The Labute approximate surface area is 150 Å². The van der Waals surface area contributed by atoms with Crippen molar-refractivity contribution < 1.29 is 4.84 Å². The van der Waals surface area contributed by atoms with E-state index < -0.39 is 0 Å². The number of aryl methyl sites for hydroxylation is 2. The van der Waals surface area contributed by atoms with Gasteiger partial charge in [-0.1, -0.05) is 11.2 Å². The number of aromatic nitrogens is 3. The van der Waals surface area contributed by atoms with Crippen molar-refractivity contribution in [2.24, 2.45) is 5.16 Å². The first-order valence-electron chi connectivity index (χ1n) is 8.25. The van der Waals surface area contributed by atoms with Crippen LogP contribution in [0.25, 0.3) is 21.1 Å². The SMILES string of the molecule is CON=C1CCCc2ccc(-c3sc(-c4cccnc4)nc3C)nc21. The Kier molecular flexibility index (Phi) is 4.28. The average Bonchev–Trinajstić information content (AvgIpc) is 3.04. The lowest BCUT2D eigenvalue weighted by Crippen LogP contribution is -2.14. The van der Waals surface area contributed by atoms with Gasteiger partial charge in [-0.25, -0.2) is 9.97 Å². The zero-order valence-electron chi connectivity index (χ0n) is 14.2. The smallest absolute Gasteiger partial charge is 0.125 e. The number of hydrogen-bond donors (Lipinski definition) is 0. The fraction of sp³-hybridized carbons (Fsp3) is 0.263. The van der Waals surface area contributed by atoms with Gasteiger partial charge < -0.3 is 4.84 Å². The summed E-state index contributed by atoms with van der Waals surface area (Å²) in [7, 11) is 1.58. The minimum Gasteiger partial charge on any atom is -0.399 e. The number of rotatable bonds is 3. The Morgan fingerprint density at radius 2 is 2.08 bits per heavy atom. The summed E-state index contributed by atoms with van der Waals surface area (Å²) in [6.07, 6.45) is 6.63. The van der Waals surface area contributed by atoms with Crippen LogP contribution in [-0.2, 0) is 11.3 Å². The number of pyridine rings is 2. The molecule has 25 heavy (non-hydrogen) atoms. The highest BCUT2D eigenvalue weighted by molar-refractivity contribution is 7.18. The maximum atomic E-state index is 5.00. The third kappa shape index (κ3) is 3.05. The van der Waals surface area contributed by atoms with Crippen LogP contribution in [0.3, 0.4) is 0 Å². The summed E-state index contributed by atoms with van der Waals surface area (Å²) in [6.45, 7) is 2.02. The first kappa shape index (κ1) is 15.9. The van der Waals surface area contributed by atoms with Crippen LogP contribution in [0.1, 0.15) is 29.8 Å². The van der Waals surface area contributed by atoms with Crippen LogP contribution in [0.15, 0.2) is 41.8 Å². The van der Waals surface area contributed by atoms with E-state index in [1.54, 1.807) is 24.6 Å². The summed E-state index contributed by atoms with van der Waals surface area (Å²) in [5, 5.41) is 5.13. The fourth-order valence-corrected chi connectivity index (χ4v) is 4.10. The molecule has 0 aliphatic heterocycles. The van der Waals surface area contributed by atoms with Gasteiger partial charge >= 0.3 is 0 Å². The summed E-state index contributed by atoms with van der Waals surface area (Å²) in [6, 6.07) is 8.20. The zero-order valence-corrected chi connectivity index (χ0v) is 15.0. The summed E-state index contributed by atoms with van der Waals surface area (Å²) in [5.41, 5.74) is 6.08. The van der Waals surface area contributed by atoms with E-state index in [4.69, 9.17) is 14.8 Å². The standard InChI is InChI=1S/C19H18N4OS/c1-12-18(25-19(21-12)14-6-4-10-20-11-14)16-9-8-13-5-3-7-15(23-24-2)17(13)22-16/h4,6,8-11H,3,5,7H2,1-2H3. The number of fused-ring (bicyclic) bond motifs is 1. The van der Waals surface area contributed by atoms with Crippen LogP contribution in [0, 0.1) is 6.92 Å². The molecule has 3 aromatic rings. The molecule has 0 fully saturated rings. The van der Waals surface area contributed by atoms with Crippen molar-refractivity contribution in [2.75, 3.05) is 7.11 Å². The van der Waals surface area contributed by atoms with Crippen LogP contribution in [-0.4, -0.2) is 27.8 Å². The van der Waals surface area contributed by atoms with Gasteiger partial charge in [0.15, 0.2) is 0 Å². The van der Waals surface area contributed by atoms with E-state index in [1.165, 1.54) is 5.56 Å². The summed E-state index contributed by atoms with van der Waals surface area (Å²) in [4.78, 5) is 19.9. The Morgan fingerprint density at radius 1 is 1.16 bits per heavy atom. The molecule has 0 unspecified atom stereocenters. The lowest BCUT2D eigenvalue weighted by molar-refractivity contribution is 0.212. The quantitative estimate of drug-likeness (QED) is 0.662. The van der Waals surface area contributed by atoms with E-state index in [9.17, 15) is 0 Å². The molecule has 4 rings (SSSR count). The van der Waals surface area contributed by atoms with Gasteiger partial charge in [-0.05, 0) is 49.9 Å². The second kappa shape index (κ2) is 6.72. The topological polar surface area (TPSA) is 60.3 Å². The molecular weight excluding hydrogens is 332 g/mol. The summed E-state index contributed by atoms with van der Waals surface area (Å²) in [5.74, 6) is 0. The van der Waals surface area contributed by atoms with E-state index in [0.29, 0.717) is 0 Å². The van der Waals surface area contributed by atoms with Gasteiger partial charge in [0, 0.05) is 18.0 Å². The number of oxime groups is 1. The highest BCUT2D eigenvalue weighted by atomic mass is 32.1. The maximum absolute atomic E-state index is 5.00. The van der Waals surface area contributed by atoms with Gasteiger partial charge in [0.2, 0.25) is 0 Å². The van der Waals surface area contributed by atoms with Crippen LogP contribution in [0.5, 0.6) is 0 Å². The molecule has 0 radical (unpaired) electrons. The first-order valence-corrected chi connectivity index (χ1v) is 9.06. The lowest BCUT2D eigenvalue weighted by atomic mass is 9.94. The highest BCUT2D eigenvalue weighted by Gasteiger charge is 2.20. The van der Waals surface area contributed by atoms with Crippen molar-refractivity contribution >= 4 is 17.0 Å². The molecule has 126 valence electrons. The largest absolute Gasteiger partial charge is 0.399 e. The minimum atomic E-state index is 0.903. The number of nitrogens with zero attached hydrogens (tertiary/aromatic N) is 4. The Bertz CT molecular complexity index is 934. The molecule has 0 amide bonds. The summed E-state index contributed by atoms with van der Waals surface area (Å²) >= 11 is 1.65. The third-order valence-electron chi connectivity index (χ3n) is 4.25. The molecule has 3 aromatic heterocycles. The second-order valence-corrected chi connectivity index (χ2v) is 6.95. The molecule has 6 heteroatoms. The maximum Gasteiger partial charge on any atom is 0.125 e. The van der Waals surface area contributed by atoms with Gasteiger partial charge in [0.1, 0.15) is 17.8 Å². The zero-order chi connectivity index (χ0) is 17.2. The Hall–Kier alpha value is -2.60. The van der Waals surface area contributed by atoms with E-state index in [2.05, 4.69) is 22.3 Å². The van der Waals surface area contributed by atoms with Crippen molar-refractivity contribution in [3.8, 4) is 21.1 Å². The predicted molar refractivity (Wildman–Crippen MR) is 99.8 cm³/mol. The van der Waals surface area contributed by atoms with Crippen molar-refractivity contribution in [2.45, 2.75) is 26.2 Å². The monoisotopic (exact) mass is 350 g/mol. The first-order chi connectivity index (χ1) is 12.3. The second-order valence-electron chi connectivity index (χ2n) is 5.95. The van der Waals surface area contributed by atoms with Crippen molar-refractivity contribution in [1.29, 1.82) is 0 Å². The van der Waals surface area contributed by atoms with E-state index in [-0.39, 0.29) is 0 Å². The van der Waals surface area contributed by atoms with Crippen molar-refractivity contribution in [1.82, 2.24) is 15.0 Å². The van der Waals surface area contributed by atoms with Crippen molar-refractivity contribution in [3.63, 3.8) is 0 Å². The minimum absolute atomic E-state index is 0.903. The van der Waals surface area contributed by atoms with Crippen LogP contribution >= 0.6 is 11.3 Å². The molecule has 3 heterocycles. The van der Waals surface area contributed by atoms with Gasteiger partial charge in [-0.2, -0.15) is 0 Å². The molecule has 1 aliphatic rings. The molecule has 0 saturated heterocycles. The Morgan fingerprint density at radius 3 is 2.88 bits per heavy atom. The van der Waals surface area contributed by atoms with Gasteiger partial charge in [-0.15, -0.1) is 11.3 Å². The molecule has 0 spiro atoms. The molecule has 0 atom stereocenters. The number of hydrogen-bond acceptors (Lipinski definition) is 6. The molecule has 5 nitrogen and oxygen atoms in total. The predicted octanol–water partition coefficient (Wildman–Crippen LogP) is 4.26. The average molecular weight is 350 g/mol. The lowest BCUT2D eigenvalue weighted by Gasteiger charge is -2.16. The Balaban J connectivity index is 1.77. The number of thiazole rings is 1. The molecule has 1 aliphatic carbocycles. The van der Waals surface area contributed by atoms with Crippen molar-refractivity contribution in [3.05, 3.63) is 53.6 Å². The van der Waals surface area contributed by atoms with E-state index in [0.717, 1.165) is 57.5 Å². The van der Waals surface area contributed by atoms with Gasteiger partial charge in [-0.3, -0.25) is 4.98 Å². The van der Waals surface area contributed by atoms with Crippen LogP contribution in [0.2, 0.25) is 0 Å². The van der Waals surface area contributed by atoms with Crippen LogP contribution < -0.4 is 0 Å². The third-order valence-corrected chi connectivity index (χ3v) is 5.48. The molecule has 0 aromatic carbocycles. The highest BCUT2D eigenvalue weighted by Crippen LogP contribution is 2.35. The van der Waals surface area contributed by atoms with Gasteiger partial charge in [0.25, 0.3) is 0 Å². The molecule has 0 N–H and O–H groups in total. The molecule has 0 bridgehead atoms. The molecule has 0 saturated carbocycles. The van der Waals surface area contributed by atoms with E-state index >= 15 is 0 Å². The normalized spacial score (nSPS) is 15.2. The van der Waals surface area contributed by atoms with Crippen LogP contribution in [0.4, 0.5) is 0 Å². The molecular formula is C19H18N4OS. The summed E-state index contributed by atoms with van der Waals surface area (Å²) < 4.78 is 0. The van der Waals surface area contributed by atoms with Gasteiger partial charge in [0.05, 0.1) is 22.0 Å².